The van der Waals surface area contributed by atoms with Gasteiger partial charge < -0.3 is 41.2 Å². The van der Waals surface area contributed by atoms with Crippen molar-refractivity contribution in [2.45, 2.75) is 129 Å². The molecule has 2 aliphatic rings. The zero-order chi connectivity index (χ0) is 56.6. The molecular formula is C57H69F4N9O7S. The van der Waals surface area contributed by atoms with Gasteiger partial charge in [-0.05, 0) is 93.1 Å². The second kappa shape index (κ2) is 25.2. The Kier molecular flexibility index (Phi) is 19.0. The van der Waals surface area contributed by atoms with Crippen LogP contribution >= 0.6 is 11.3 Å². The molecule has 2 fully saturated rings. The van der Waals surface area contributed by atoms with E-state index in [9.17, 15) is 47.0 Å². The number of unbranched alkanes of at least 4 members (excludes halogenated alkanes) is 4. The second-order valence-electron chi connectivity index (χ2n) is 21.5. The van der Waals surface area contributed by atoms with Crippen molar-refractivity contribution < 1.29 is 46.6 Å². The molecule has 4 heterocycles. The molecule has 0 aliphatic carbocycles. The van der Waals surface area contributed by atoms with E-state index >= 15 is 4.39 Å². The van der Waals surface area contributed by atoms with E-state index in [1.54, 1.807) is 29.0 Å². The first-order valence-corrected chi connectivity index (χ1v) is 27.1. The van der Waals surface area contributed by atoms with Crippen LogP contribution in [0.3, 0.4) is 0 Å². The van der Waals surface area contributed by atoms with Gasteiger partial charge in [0.05, 0.1) is 44.7 Å². The van der Waals surface area contributed by atoms with Crippen molar-refractivity contribution in [3.63, 3.8) is 0 Å². The standard InChI is InChI=1S/C57H69F4N9O7S/c1-33-29-69(30-34(2)68(33)7)46-21-19-38(24-45(46)66-53(75)42-28-63-49(73)26-43(42)57(59,60)61)41-23-39(18-20-44(41)58)52(74)62-22-12-10-8-9-11-13-48(72)67-51(56(4,5)6)55(77)70-31-40(71)25-47(70)54(76)64-27-36-14-16-37(17-15-36)50-35(3)65-32-78-50/h14-21,23-24,26,28,32-34,40,47,51,71H,8-13,22,25,27,29-31H2,1-7H3,(H,62,74)(H,63,73)(H,64,76)(H,66,75)(H,67,72)/t33-,34+,40-,47+,51-/m1/s1. The number of aromatic amines is 1. The third-order valence-electron chi connectivity index (χ3n) is 14.5. The van der Waals surface area contributed by atoms with Crippen LogP contribution in [-0.4, -0.2) is 118 Å². The Labute approximate surface area is 455 Å². The highest BCUT2D eigenvalue weighted by molar-refractivity contribution is 7.13. The summed E-state index contributed by atoms with van der Waals surface area (Å²) in [5.74, 6) is -3.42. The molecule has 16 nitrogen and oxygen atoms in total. The first kappa shape index (κ1) is 58.7. The van der Waals surface area contributed by atoms with Gasteiger partial charge in [0.15, 0.2) is 0 Å². The molecule has 418 valence electrons. The molecule has 2 aromatic heterocycles. The molecule has 6 N–H and O–H groups in total. The van der Waals surface area contributed by atoms with Crippen LogP contribution in [0.5, 0.6) is 0 Å². The lowest BCUT2D eigenvalue weighted by atomic mass is 9.85. The average molecular weight is 1100 g/mol. The molecule has 0 radical (unpaired) electrons. The van der Waals surface area contributed by atoms with Crippen molar-refractivity contribution in [1.29, 1.82) is 0 Å². The van der Waals surface area contributed by atoms with Gasteiger partial charge in [-0.3, -0.25) is 33.7 Å². The number of likely N-dealkylation sites (N-methyl/N-ethyl adjacent to an activating group) is 1. The fourth-order valence-corrected chi connectivity index (χ4v) is 10.7. The number of alkyl halides is 3. The second-order valence-corrected chi connectivity index (χ2v) is 22.3. The van der Waals surface area contributed by atoms with Crippen LogP contribution in [0.15, 0.2) is 83.2 Å². The van der Waals surface area contributed by atoms with Gasteiger partial charge in [-0.2, -0.15) is 13.2 Å². The number of carbonyl (C=O) groups excluding carboxylic acids is 5. The molecular weight excluding hydrogens is 1030 g/mol. The molecule has 0 unspecified atom stereocenters. The Hall–Kier alpha value is -6.97. The topological polar surface area (TPSA) is 209 Å². The minimum absolute atomic E-state index is 0.0191. The van der Waals surface area contributed by atoms with E-state index in [1.165, 1.54) is 23.1 Å². The predicted molar refractivity (Wildman–Crippen MR) is 292 cm³/mol. The number of hydrogen-bond donors (Lipinski definition) is 6. The van der Waals surface area contributed by atoms with Crippen molar-refractivity contribution in [1.82, 2.24) is 35.7 Å². The van der Waals surface area contributed by atoms with E-state index in [2.05, 4.69) is 36.1 Å². The Bertz CT molecular complexity index is 3020. The first-order chi connectivity index (χ1) is 36.9. The number of pyridine rings is 1. The number of aliphatic hydroxyl groups is 1. The number of halogens is 4. The largest absolute Gasteiger partial charge is 0.417 e. The van der Waals surface area contributed by atoms with Crippen LogP contribution < -0.4 is 31.7 Å². The van der Waals surface area contributed by atoms with Gasteiger partial charge in [0, 0.05) is 81.0 Å². The summed E-state index contributed by atoms with van der Waals surface area (Å²) in [5, 5.41) is 21.9. The van der Waals surface area contributed by atoms with Crippen molar-refractivity contribution in [3.8, 4) is 21.6 Å². The number of carbonyl (C=O) groups is 5. The normalized spacial score (nSPS) is 18.4. The Morgan fingerprint density at radius 3 is 2.21 bits per heavy atom. The molecule has 0 saturated carbocycles. The molecule has 21 heteroatoms. The number of likely N-dealkylation sites (tertiary alicyclic amines) is 1. The number of nitrogens with one attached hydrogen (secondary N) is 5. The molecule has 78 heavy (non-hydrogen) atoms. The van der Waals surface area contributed by atoms with Gasteiger partial charge in [-0.15, -0.1) is 11.3 Å². The molecule has 0 bridgehead atoms. The average Bonchev–Trinajstić information content (AvgIpc) is 4.02. The number of hydrogen-bond acceptors (Lipinski definition) is 11. The molecule has 5 atom stereocenters. The molecule has 2 aliphatic heterocycles. The number of aromatic nitrogens is 2. The van der Waals surface area contributed by atoms with Gasteiger partial charge in [-0.25, -0.2) is 9.37 Å². The van der Waals surface area contributed by atoms with Crippen molar-refractivity contribution in [2.75, 3.05) is 43.4 Å². The van der Waals surface area contributed by atoms with E-state index in [1.807, 2.05) is 77.8 Å². The van der Waals surface area contributed by atoms with E-state index < -0.39 is 75.9 Å². The number of β-amino-alcohol motifs (C(OH)–C–C–N with tert-alkyl or cyclic N) is 1. The Morgan fingerprint density at radius 1 is 0.859 bits per heavy atom. The number of nitrogens with zero attached hydrogens (tertiary/aromatic N) is 4. The maximum absolute atomic E-state index is 15.6. The number of benzene rings is 3. The summed E-state index contributed by atoms with van der Waals surface area (Å²) in [7, 11) is 1.99. The molecule has 7 rings (SSSR count). The molecule has 2 saturated heterocycles. The monoisotopic (exact) mass is 1100 g/mol. The van der Waals surface area contributed by atoms with E-state index in [4.69, 9.17) is 0 Å². The predicted octanol–water partition coefficient (Wildman–Crippen LogP) is 8.29. The number of piperazine rings is 1. The number of aliphatic hydroxyl groups excluding tert-OH is 1. The number of amides is 5. The lowest BCUT2D eigenvalue weighted by molar-refractivity contribution is -0.144. The zero-order valence-electron chi connectivity index (χ0n) is 45.0. The highest BCUT2D eigenvalue weighted by Crippen LogP contribution is 2.37. The third kappa shape index (κ3) is 14.6. The number of aryl methyl sites for hydroxylation is 1. The van der Waals surface area contributed by atoms with Gasteiger partial charge >= 0.3 is 6.18 Å². The maximum atomic E-state index is 15.6. The Morgan fingerprint density at radius 2 is 1.54 bits per heavy atom. The van der Waals surface area contributed by atoms with Crippen molar-refractivity contribution in [3.05, 3.63) is 123 Å². The first-order valence-electron chi connectivity index (χ1n) is 26.2. The summed E-state index contributed by atoms with van der Waals surface area (Å²) in [6.07, 6.45) is -1.61. The quantitative estimate of drug-likeness (QED) is 0.0344. The lowest BCUT2D eigenvalue weighted by Crippen LogP contribution is -2.57. The summed E-state index contributed by atoms with van der Waals surface area (Å²) < 4.78 is 57.6. The van der Waals surface area contributed by atoms with Gasteiger partial charge in [-0.1, -0.05) is 70.4 Å². The SMILES string of the molecule is Cc1ncsc1-c1ccc(CNC(=O)[C@@H]2C[C@@H](O)CN2C(=O)[C@@H](NC(=O)CCCCCCCNC(=O)c2ccc(F)c(-c3ccc(N4C[C@@H](C)N(C)[C@@H](C)C4)c(NC(=O)c4c[nH]c(=O)cc4C(F)(F)F)c3)c2)C(C)(C)C)cc1. The van der Waals surface area contributed by atoms with Crippen LogP contribution in [0, 0.1) is 18.2 Å². The number of rotatable bonds is 19. The highest BCUT2D eigenvalue weighted by Gasteiger charge is 2.44. The minimum Gasteiger partial charge on any atom is -0.391 e. The van der Waals surface area contributed by atoms with Gasteiger partial charge in [0.1, 0.15) is 17.9 Å². The number of thiazole rings is 1. The van der Waals surface area contributed by atoms with Crippen LogP contribution in [-0.2, 0) is 27.1 Å². The third-order valence-corrected chi connectivity index (χ3v) is 15.5. The molecule has 0 spiro atoms. The summed E-state index contributed by atoms with van der Waals surface area (Å²) in [6, 6.07) is 15.0. The summed E-state index contributed by atoms with van der Waals surface area (Å²) in [5.41, 5.74) is 1.71. The van der Waals surface area contributed by atoms with Crippen molar-refractivity contribution in [2.24, 2.45) is 5.41 Å². The van der Waals surface area contributed by atoms with E-state index in [0.29, 0.717) is 56.8 Å². The molecule has 5 aromatic rings. The summed E-state index contributed by atoms with van der Waals surface area (Å²) in [4.78, 5) is 92.7. The summed E-state index contributed by atoms with van der Waals surface area (Å²) >= 11 is 1.55. The Balaban J connectivity index is 0.891. The fourth-order valence-electron chi connectivity index (χ4n) is 9.91. The fraction of sp³-hybridized carbons (Fsp3) is 0.456. The number of anilines is 2. The van der Waals surface area contributed by atoms with E-state index in [-0.39, 0.29) is 66.3 Å². The summed E-state index contributed by atoms with van der Waals surface area (Å²) in [6.45, 7) is 13.0. The number of H-pyrrole nitrogens is 1. The molecule has 3 aromatic carbocycles. The smallest absolute Gasteiger partial charge is 0.391 e. The lowest BCUT2D eigenvalue weighted by Gasteiger charge is -2.44. The van der Waals surface area contributed by atoms with Crippen LogP contribution in [0.1, 0.15) is 117 Å². The van der Waals surface area contributed by atoms with Crippen LogP contribution in [0.4, 0.5) is 28.9 Å². The van der Waals surface area contributed by atoms with Gasteiger partial charge in [0.25, 0.3) is 11.8 Å². The minimum atomic E-state index is -5.00. The maximum Gasteiger partial charge on any atom is 0.417 e. The zero-order valence-corrected chi connectivity index (χ0v) is 45.8. The molecule has 5 amide bonds. The highest BCUT2D eigenvalue weighted by atomic mass is 32.1. The van der Waals surface area contributed by atoms with E-state index in [0.717, 1.165) is 40.6 Å². The van der Waals surface area contributed by atoms with Gasteiger partial charge in [0.2, 0.25) is 23.3 Å². The van der Waals surface area contributed by atoms with Crippen molar-refractivity contribution >= 4 is 52.2 Å². The van der Waals surface area contributed by atoms with Crippen LogP contribution in [0.2, 0.25) is 0 Å². The van der Waals surface area contributed by atoms with Crippen LogP contribution in [0.25, 0.3) is 21.6 Å².